The maximum atomic E-state index is 9.26. The van der Waals surface area contributed by atoms with Crippen LogP contribution < -0.4 is 5.32 Å². The number of aliphatic hydroxyl groups is 1. The highest BCUT2D eigenvalue weighted by atomic mass is 16.5. The van der Waals surface area contributed by atoms with E-state index in [2.05, 4.69) is 24.3 Å². The molecule has 1 aliphatic carbocycles. The third-order valence-electron chi connectivity index (χ3n) is 3.56. The topological polar surface area (TPSA) is 58.3 Å². The largest absolute Gasteiger partial charge is 0.395 e. The predicted molar refractivity (Wildman–Crippen MR) is 65.7 cm³/mol. The average molecular weight is 238 g/mol. The molecule has 0 unspecified atom stereocenters. The van der Waals surface area contributed by atoms with Gasteiger partial charge in [0, 0.05) is 24.6 Å². The number of hydrogen-bond donors (Lipinski definition) is 2. The fourth-order valence-corrected chi connectivity index (χ4v) is 2.33. The van der Waals surface area contributed by atoms with Crippen LogP contribution in [0.2, 0.25) is 0 Å². The summed E-state index contributed by atoms with van der Waals surface area (Å²) in [5.74, 6) is 1.49. The minimum atomic E-state index is 0.131. The summed E-state index contributed by atoms with van der Waals surface area (Å²) in [6, 6.07) is 0.131. The Kier molecular flexibility index (Phi) is 4.18. The second-order valence-electron chi connectivity index (χ2n) is 5.15. The number of rotatable bonds is 5. The minimum Gasteiger partial charge on any atom is -0.395 e. The molecule has 1 atom stereocenters. The third kappa shape index (κ3) is 2.87. The normalized spacial score (nSPS) is 17.2. The van der Waals surface area contributed by atoms with Crippen molar-refractivity contribution in [2.45, 2.75) is 52.1 Å². The van der Waals surface area contributed by atoms with E-state index in [9.17, 15) is 5.11 Å². The standard InChI is InChI=1S/C13H22N2O2/c1-9(2)12(8-16)14-7-11-10-5-3-4-6-13(10)17-15-11/h9,12,14,16H,3-8H2,1-2H3/t12-/m1/s1. The molecule has 0 aromatic carbocycles. The van der Waals surface area contributed by atoms with E-state index in [-0.39, 0.29) is 12.6 Å². The molecule has 4 nitrogen and oxygen atoms in total. The molecule has 1 heterocycles. The number of fused-ring (bicyclic) bond motifs is 1. The van der Waals surface area contributed by atoms with Crippen molar-refractivity contribution >= 4 is 0 Å². The summed E-state index contributed by atoms with van der Waals surface area (Å²) in [5, 5.41) is 16.8. The molecule has 17 heavy (non-hydrogen) atoms. The molecule has 1 aliphatic rings. The smallest absolute Gasteiger partial charge is 0.140 e. The van der Waals surface area contributed by atoms with Gasteiger partial charge in [-0.2, -0.15) is 0 Å². The average Bonchev–Trinajstić information content (AvgIpc) is 2.73. The number of aryl methyl sites for hydroxylation is 1. The molecule has 0 aliphatic heterocycles. The Morgan fingerprint density at radius 1 is 1.35 bits per heavy atom. The second-order valence-corrected chi connectivity index (χ2v) is 5.15. The first-order valence-corrected chi connectivity index (χ1v) is 6.53. The Labute approximate surface area is 102 Å². The summed E-state index contributed by atoms with van der Waals surface area (Å²) in [6.45, 7) is 5.07. The zero-order chi connectivity index (χ0) is 12.3. The lowest BCUT2D eigenvalue weighted by Crippen LogP contribution is -2.36. The summed E-state index contributed by atoms with van der Waals surface area (Å²) in [7, 11) is 0. The lowest BCUT2D eigenvalue weighted by Gasteiger charge is -2.19. The van der Waals surface area contributed by atoms with Gasteiger partial charge < -0.3 is 14.9 Å². The number of nitrogens with one attached hydrogen (secondary N) is 1. The van der Waals surface area contributed by atoms with Gasteiger partial charge in [0.25, 0.3) is 0 Å². The van der Waals surface area contributed by atoms with Crippen molar-refractivity contribution in [3.05, 3.63) is 17.0 Å². The van der Waals surface area contributed by atoms with E-state index < -0.39 is 0 Å². The molecule has 2 N–H and O–H groups in total. The van der Waals surface area contributed by atoms with Gasteiger partial charge in [-0.15, -0.1) is 0 Å². The van der Waals surface area contributed by atoms with Gasteiger partial charge in [0.05, 0.1) is 6.61 Å². The highest BCUT2D eigenvalue weighted by Crippen LogP contribution is 2.24. The van der Waals surface area contributed by atoms with Crippen molar-refractivity contribution < 1.29 is 9.63 Å². The van der Waals surface area contributed by atoms with Gasteiger partial charge >= 0.3 is 0 Å². The van der Waals surface area contributed by atoms with Crippen molar-refractivity contribution in [3.8, 4) is 0 Å². The van der Waals surface area contributed by atoms with Crippen molar-refractivity contribution in [2.24, 2.45) is 5.92 Å². The van der Waals surface area contributed by atoms with Gasteiger partial charge in [-0.05, 0) is 25.2 Å². The van der Waals surface area contributed by atoms with E-state index >= 15 is 0 Å². The molecule has 1 aromatic rings. The van der Waals surface area contributed by atoms with Crippen molar-refractivity contribution in [1.29, 1.82) is 0 Å². The summed E-state index contributed by atoms with van der Waals surface area (Å²) < 4.78 is 5.36. The molecule has 2 rings (SSSR count). The first kappa shape index (κ1) is 12.6. The Bertz CT molecular complexity index is 360. The molecule has 0 bridgehead atoms. The maximum absolute atomic E-state index is 9.26. The van der Waals surface area contributed by atoms with Gasteiger partial charge in [0.1, 0.15) is 11.5 Å². The van der Waals surface area contributed by atoms with E-state index in [0.29, 0.717) is 12.5 Å². The van der Waals surface area contributed by atoms with Crippen LogP contribution in [-0.4, -0.2) is 22.9 Å². The summed E-state index contributed by atoms with van der Waals surface area (Å²) in [5.41, 5.74) is 2.32. The maximum Gasteiger partial charge on any atom is 0.140 e. The molecular formula is C13H22N2O2. The highest BCUT2D eigenvalue weighted by Gasteiger charge is 2.20. The molecule has 0 saturated heterocycles. The predicted octanol–water partition coefficient (Wildman–Crippen LogP) is 1.66. The molecule has 1 aromatic heterocycles. The lowest BCUT2D eigenvalue weighted by atomic mass is 9.96. The SMILES string of the molecule is CC(C)[C@@H](CO)NCc1noc2c1CCCC2. The van der Waals surface area contributed by atoms with Crippen LogP contribution in [0.15, 0.2) is 4.52 Å². The summed E-state index contributed by atoms with van der Waals surface area (Å²) in [6.07, 6.45) is 4.55. The molecule has 4 heteroatoms. The van der Waals surface area contributed by atoms with E-state index in [4.69, 9.17) is 4.52 Å². The van der Waals surface area contributed by atoms with Crippen LogP contribution in [0.1, 0.15) is 43.7 Å². The van der Waals surface area contributed by atoms with Crippen LogP contribution in [0.25, 0.3) is 0 Å². The van der Waals surface area contributed by atoms with Gasteiger partial charge in [0.15, 0.2) is 0 Å². The van der Waals surface area contributed by atoms with Crippen LogP contribution in [-0.2, 0) is 19.4 Å². The van der Waals surface area contributed by atoms with Gasteiger partial charge in [-0.1, -0.05) is 19.0 Å². The van der Waals surface area contributed by atoms with Gasteiger partial charge in [0.2, 0.25) is 0 Å². The highest BCUT2D eigenvalue weighted by molar-refractivity contribution is 5.25. The van der Waals surface area contributed by atoms with Crippen LogP contribution in [0.5, 0.6) is 0 Å². The molecule has 0 amide bonds. The molecule has 96 valence electrons. The fraction of sp³-hybridized carbons (Fsp3) is 0.769. The quantitative estimate of drug-likeness (QED) is 0.819. The number of aromatic nitrogens is 1. The number of hydrogen-bond acceptors (Lipinski definition) is 4. The zero-order valence-electron chi connectivity index (χ0n) is 10.7. The summed E-state index contributed by atoms with van der Waals surface area (Å²) in [4.78, 5) is 0. The Morgan fingerprint density at radius 2 is 2.12 bits per heavy atom. The van der Waals surface area contributed by atoms with Crippen LogP contribution in [0.3, 0.4) is 0 Å². The number of aliphatic hydroxyl groups excluding tert-OH is 1. The zero-order valence-corrected chi connectivity index (χ0v) is 10.7. The first-order valence-electron chi connectivity index (χ1n) is 6.53. The Balaban J connectivity index is 1.97. The lowest BCUT2D eigenvalue weighted by molar-refractivity contribution is 0.209. The van der Waals surface area contributed by atoms with Gasteiger partial charge in [-0.3, -0.25) is 0 Å². The molecular weight excluding hydrogens is 216 g/mol. The first-order chi connectivity index (χ1) is 8.22. The van der Waals surface area contributed by atoms with Gasteiger partial charge in [-0.25, -0.2) is 0 Å². The molecule has 0 spiro atoms. The minimum absolute atomic E-state index is 0.131. The second kappa shape index (κ2) is 5.65. The molecule has 0 radical (unpaired) electrons. The van der Waals surface area contributed by atoms with Crippen LogP contribution in [0.4, 0.5) is 0 Å². The molecule has 0 saturated carbocycles. The van der Waals surface area contributed by atoms with Crippen molar-refractivity contribution in [2.75, 3.05) is 6.61 Å². The van der Waals surface area contributed by atoms with E-state index in [1.807, 2.05) is 0 Å². The van der Waals surface area contributed by atoms with Crippen LogP contribution in [0, 0.1) is 5.92 Å². The molecule has 0 fully saturated rings. The van der Waals surface area contributed by atoms with E-state index in [1.165, 1.54) is 18.4 Å². The number of nitrogens with zero attached hydrogens (tertiary/aromatic N) is 1. The Hall–Kier alpha value is -0.870. The van der Waals surface area contributed by atoms with Crippen LogP contribution >= 0.6 is 0 Å². The fourth-order valence-electron chi connectivity index (χ4n) is 2.33. The Morgan fingerprint density at radius 3 is 2.82 bits per heavy atom. The van der Waals surface area contributed by atoms with Crippen molar-refractivity contribution in [3.63, 3.8) is 0 Å². The third-order valence-corrected chi connectivity index (χ3v) is 3.56. The van der Waals surface area contributed by atoms with E-state index in [1.54, 1.807) is 0 Å². The monoisotopic (exact) mass is 238 g/mol. The van der Waals surface area contributed by atoms with Crippen molar-refractivity contribution in [1.82, 2.24) is 10.5 Å². The summed E-state index contributed by atoms with van der Waals surface area (Å²) >= 11 is 0. The van der Waals surface area contributed by atoms with E-state index in [0.717, 1.165) is 24.3 Å².